The molecule has 3 heteroatoms. The largest absolute Gasteiger partial charge is 0.168 e. The van der Waals surface area contributed by atoms with Gasteiger partial charge < -0.3 is 0 Å². The Morgan fingerprint density at radius 2 is 2.00 bits per heavy atom. The highest BCUT2D eigenvalue weighted by molar-refractivity contribution is 7.98. The molecule has 9 heavy (non-hydrogen) atoms. The summed E-state index contributed by atoms with van der Waals surface area (Å²) in [6.45, 7) is 4.41. The van der Waals surface area contributed by atoms with Crippen LogP contribution in [0.25, 0.3) is 0 Å². The third kappa shape index (κ3) is 8.86. The van der Waals surface area contributed by atoms with Gasteiger partial charge in [0.2, 0.25) is 0 Å². The van der Waals surface area contributed by atoms with E-state index in [1.165, 1.54) is 18.2 Å². The highest BCUT2D eigenvalue weighted by atomic mass is 35.6. The fraction of sp³-hybridized carbons (Fsp3) is 1.00. The number of hydrogen-bond donors (Lipinski definition) is 0. The molecule has 0 saturated carbocycles. The lowest BCUT2D eigenvalue weighted by atomic mass is 10.6. The van der Waals surface area contributed by atoms with Crippen molar-refractivity contribution in [2.75, 3.05) is 12.0 Å². The summed E-state index contributed by atoms with van der Waals surface area (Å²) in [4.78, 5) is 0. The van der Waals surface area contributed by atoms with Crippen molar-refractivity contribution < 1.29 is 0 Å². The van der Waals surface area contributed by atoms with Crippen LogP contribution in [0, 0.1) is 0 Å². The van der Waals surface area contributed by atoms with Gasteiger partial charge in [-0.3, -0.25) is 0 Å². The van der Waals surface area contributed by atoms with Crippen LogP contribution in [0.4, 0.5) is 0 Å². The molecule has 0 atom stereocenters. The van der Waals surface area contributed by atoms with Crippen LogP contribution in [0.2, 0.25) is 19.1 Å². The van der Waals surface area contributed by atoms with Crippen molar-refractivity contribution >= 4 is 30.2 Å². The summed E-state index contributed by atoms with van der Waals surface area (Å²) < 4.78 is 0. The van der Waals surface area contributed by atoms with E-state index in [9.17, 15) is 0 Å². The second kappa shape index (κ2) is 4.64. The van der Waals surface area contributed by atoms with E-state index in [1.54, 1.807) is 0 Å². The van der Waals surface area contributed by atoms with Crippen LogP contribution in [-0.4, -0.2) is 19.4 Å². The van der Waals surface area contributed by atoms with Crippen LogP contribution in [0.3, 0.4) is 0 Å². The smallest absolute Gasteiger partial charge is 0.150 e. The van der Waals surface area contributed by atoms with Crippen LogP contribution in [0.15, 0.2) is 0 Å². The lowest BCUT2D eigenvalue weighted by Gasteiger charge is -2.10. The second-order valence-corrected chi connectivity index (χ2v) is 10.8. The van der Waals surface area contributed by atoms with E-state index in [0.29, 0.717) is 0 Å². The van der Waals surface area contributed by atoms with Crippen LogP contribution in [0.1, 0.15) is 6.42 Å². The molecule has 0 amide bonds. The van der Waals surface area contributed by atoms with E-state index in [1.807, 2.05) is 11.8 Å². The molecule has 0 rings (SSSR count). The minimum Gasteiger partial charge on any atom is -0.168 e. The number of halogens is 1. The zero-order chi connectivity index (χ0) is 7.33. The van der Waals surface area contributed by atoms with Crippen LogP contribution in [-0.2, 0) is 0 Å². The lowest BCUT2D eigenvalue weighted by molar-refractivity contribution is 1.08. The van der Waals surface area contributed by atoms with Crippen molar-refractivity contribution in [3.05, 3.63) is 0 Å². The van der Waals surface area contributed by atoms with Gasteiger partial charge in [0.1, 0.15) is 0 Å². The minimum absolute atomic E-state index is 1.24. The zero-order valence-corrected chi connectivity index (χ0v) is 8.98. The molecule has 0 aliphatic heterocycles. The Balaban J connectivity index is 3.07. The van der Waals surface area contributed by atoms with E-state index in [0.717, 1.165) is 0 Å². The predicted molar refractivity (Wildman–Crippen MR) is 51.1 cm³/mol. The summed E-state index contributed by atoms with van der Waals surface area (Å²) in [6.07, 6.45) is 3.44. The first-order valence-corrected chi connectivity index (χ1v) is 8.85. The Morgan fingerprint density at radius 3 is 2.33 bits per heavy atom. The molecule has 0 saturated heterocycles. The fourth-order valence-electron chi connectivity index (χ4n) is 0.637. The standard InChI is InChI=1S/C6H15ClSSi/c1-8-5-4-6-9(2,3)7/h4-6H2,1-3H3. The fourth-order valence-corrected chi connectivity index (χ4v) is 2.74. The first-order chi connectivity index (χ1) is 4.06. The maximum atomic E-state index is 6.10. The topological polar surface area (TPSA) is 0 Å². The first kappa shape index (κ1) is 9.86. The summed E-state index contributed by atoms with van der Waals surface area (Å²) in [5.74, 6) is 1.27. The quantitative estimate of drug-likeness (QED) is 0.366. The second-order valence-electron chi connectivity index (χ2n) is 2.82. The van der Waals surface area contributed by atoms with Gasteiger partial charge in [0, 0.05) is 0 Å². The normalized spacial score (nSPS) is 12.0. The van der Waals surface area contributed by atoms with Gasteiger partial charge in [-0.2, -0.15) is 22.8 Å². The molecular weight excluding hydrogens is 168 g/mol. The van der Waals surface area contributed by atoms with Gasteiger partial charge in [-0.25, -0.2) is 0 Å². The summed E-state index contributed by atoms with van der Waals surface area (Å²) in [5, 5.41) is 0. The van der Waals surface area contributed by atoms with Gasteiger partial charge in [0.25, 0.3) is 0 Å². The van der Waals surface area contributed by atoms with Gasteiger partial charge >= 0.3 is 0 Å². The van der Waals surface area contributed by atoms with Crippen molar-refractivity contribution in [2.24, 2.45) is 0 Å². The van der Waals surface area contributed by atoms with E-state index in [-0.39, 0.29) is 0 Å². The van der Waals surface area contributed by atoms with E-state index >= 15 is 0 Å². The first-order valence-electron chi connectivity index (χ1n) is 3.24. The SMILES string of the molecule is CSCCC[Si](C)(C)Cl. The van der Waals surface area contributed by atoms with Gasteiger partial charge in [-0.15, -0.1) is 0 Å². The van der Waals surface area contributed by atoms with E-state index < -0.39 is 7.38 Å². The number of thioether (sulfide) groups is 1. The molecule has 0 aliphatic carbocycles. The molecule has 0 N–H and O–H groups in total. The molecule has 0 bridgehead atoms. The van der Waals surface area contributed by atoms with E-state index in [4.69, 9.17) is 11.1 Å². The maximum absolute atomic E-state index is 6.10. The average Bonchev–Trinajstić information content (AvgIpc) is 1.63. The van der Waals surface area contributed by atoms with Gasteiger partial charge in [-0.1, -0.05) is 13.1 Å². The molecule has 0 fully saturated rings. The monoisotopic (exact) mass is 182 g/mol. The zero-order valence-electron chi connectivity index (χ0n) is 6.41. The molecule has 0 aliphatic rings. The van der Waals surface area contributed by atoms with Crippen LogP contribution >= 0.6 is 22.8 Å². The highest BCUT2D eigenvalue weighted by Gasteiger charge is 2.14. The number of hydrogen-bond acceptors (Lipinski definition) is 1. The van der Waals surface area contributed by atoms with Gasteiger partial charge in [0.05, 0.1) is 0 Å². The molecule has 56 valence electrons. The molecule has 0 heterocycles. The van der Waals surface area contributed by atoms with Crippen LogP contribution < -0.4 is 0 Å². The third-order valence-electron chi connectivity index (χ3n) is 1.12. The summed E-state index contributed by atoms with van der Waals surface area (Å²) >= 11 is 8.00. The molecule has 0 aromatic heterocycles. The molecule has 0 radical (unpaired) electrons. The van der Waals surface area contributed by atoms with Crippen molar-refractivity contribution in [1.82, 2.24) is 0 Å². The molecular formula is C6H15ClSSi. The van der Waals surface area contributed by atoms with Crippen molar-refractivity contribution in [3.8, 4) is 0 Å². The Bertz CT molecular complexity index is 69.9. The van der Waals surface area contributed by atoms with Crippen LogP contribution in [0.5, 0.6) is 0 Å². The number of rotatable bonds is 4. The summed E-state index contributed by atoms with van der Waals surface area (Å²) in [5.41, 5.74) is 0. The van der Waals surface area contributed by atoms with Crippen molar-refractivity contribution in [2.45, 2.75) is 25.6 Å². The molecule has 0 aromatic carbocycles. The predicted octanol–water partition coefficient (Wildman–Crippen LogP) is 3.18. The van der Waals surface area contributed by atoms with Crippen molar-refractivity contribution in [3.63, 3.8) is 0 Å². The Hall–Kier alpha value is 0.857. The Kier molecular flexibility index (Phi) is 5.08. The molecule has 0 nitrogen and oxygen atoms in total. The van der Waals surface area contributed by atoms with Gasteiger partial charge in [-0.05, 0) is 24.5 Å². The van der Waals surface area contributed by atoms with Gasteiger partial charge in [0.15, 0.2) is 7.38 Å². The lowest BCUT2D eigenvalue weighted by Crippen LogP contribution is -2.15. The Morgan fingerprint density at radius 1 is 1.44 bits per heavy atom. The third-order valence-corrected chi connectivity index (χ3v) is 3.93. The molecule has 0 spiro atoms. The summed E-state index contributed by atoms with van der Waals surface area (Å²) in [7, 11) is -1.24. The average molecular weight is 183 g/mol. The van der Waals surface area contributed by atoms with E-state index in [2.05, 4.69) is 19.3 Å². The molecule has 0 aromatic rings. The highest BCUT2D eigenvalue weighted by Crippen LogP contribution is 2.17. The maximum Gasteiger partial charge on any atom is 0.150 e. The molecule has 0 unspecified atom stereocenters. The Labute approximate surface area is 68.1 Å². The van der Waals surface area contributed by atoms with Crippen molar-refractivity contribution in [1.29, 1.82) is 0 Å². The minimum atomic E-state index is -1.24. The summed E-state index contributed by atoms with van der Waals surface area (Å²) in [6, 6.07) is 1.26.